The normalized spacial score (nSPS) is 49.4. The third-order valence-electron chi connectivity index (χ3n) is 15.9. The van der Waals surface area contributed by atoms with E-state index in [0.29, 0.717) is 36.8 Å². The van der Waals surface area contributed by atoms with Gasteiger partial charge in [0, 0.05) is 42.3 Å². The molecule has 1 spiro atoms. The molecule has 0 unspecified atom stereocenters. The standard InChI is InChI=1S/C41H59NO12/c1-8-21(3)35(45)53-34-32(44)31-23(19-42-18-20(2)9-12-29(42)38(31,5)47)24-17-39-33(40(24,34)48)25(43)16-28-37(39,4)14-13-30(41(28,49)54-39)52-36(46)22-10-11-26(50-6)27(15-22)51-7/h10-11,15,20-21,23-25,28-34,43-44,47-49H,8-9,12-14,16-19H2,1-7H3/t20-,21-,23-,24-,25+,28-,29-,30-,31+,32+,33+,34-,37-,38+,39+,40-,41-/m0/s1. The lowest BCUT2D eigenvalue weighted by atomic mass is 9.49. The van der Waals surface area contributed by atoms with Crippen LogP contribution in [0.4, 0.5) is 0 Å². The van der Waals surface area contributed by atoms with Crippen molar-refractivity contribution in [2.24, 2.45) is 46.8 Å². The molecule has 7 aliphatic rings. The molecule has 1 aromatic carbocycles. The number of hydrogen-bond acceptors (Lipinski definition) is 13. The van der Waals surface area contributed by atoms with Gasteiger partial charge in [0.15, 0.2) is 23.7 Å². The Kier molecular flexibility index (Phi) is 9.05. The number of piperidine rings is 2. The number of aliphatic hydroxyl groups excluding tert-OH is 2. The van der Waals surface area contributed by atoms with Gasteiger partial charge in [0.2, 0.25) is 5.79 Å². The Morgan fingerprint density at radius 1 is 1.02 bits per heavy atom. The number of esters is 2. The minimum atomic E-state index is -2.01. The van der Waals surface area contributed by atoms with Crippen LogP contribution in [-0.2, 0) is 19.0 Å². The van der Waals surface area contributed by atoms with E-state index in [-0.39, 0.29) is 30.9 Å². The maximum Gasteiger partial charge on any atom is 0.338 e. The maximum atomic E-state index is 13.7. The molecule has 4 aliphatic carbocycles. The number of aliphatic hydroxyl groups is 5. The predicted octanol–water partition coefficient (Wildman–Crippen LogP) is 2.66. The molecule has 4 bridgehead atoms. The minimum absolute atomic E-state index is 0.0263. The largest absolute Gasteiger partial charge is 0.493 e. The summed E-state index contributed by atoms with van der Waals surface area (Å²) in [5.74, 6) is -6.21. The van der Waals surface area contributed by atoms with Crippen LogP contribution >= 0.6 is 0 Å². The molecular weight excluding hydrogens is 698 g/mol. The number of rotatable bonds is 7. The van der Waals surface area contributed by atoms with E-state index in [1.807, 2.05) is 13.8 Å². The molecule has 5 N–H and O–H groups in total. The fourth-order valence-electron chi connectivity index (χ4n) is 13.2. The molecule has 3 saturated heterocycles. The molecule has 13 heteroatoms. The second kappa shape index (κ2) is 12.7. The van der Waals surface area contributed by atoms with Crippen LogP contribution in [0.1, 0.15) is 89.9 Å². The van der Waals surface area contributed by atoms with Crippen LogP contribution in [0.2, 0.25) is 0 Å². The van der Waals surface area contributed by atoms with Gasteiger partial charge >= 0.3 is 11.9 Å². The zero-order valence-electron chi connectivity index (χ0n) is 32.6. The summed E-state index contributed by atoms with van der Waals surface area (Å²) in [7, 11) is 2.96. The summed E-state index contributed by atoms with van der Waals surface area (Å²) >= 11 is 0. The summed E-state index contributed by atoms with van der Waals surface area (Å²) in [6.45, 7) is 10.8. The third kappa shape index (κ3) is 4.94. The summed E-state index contributed by atoms with van der Waals surface area (Å²) < 4.78 is 30.0. The monoisotopic (exact) mass is 757 g/mol. The number of methoxy groups -OCH3 is 2. The second-order valence-electron chi connectivity index (χ2n) is 18.4. The molecule has 0 aromatic heterocycles. The van der Waals surface area contributed by atoms with Crippen LogP contribution in [0.15, 0.2) is 18.2 Å². The lowest BCUT2D eigenvalue weighted by Crippen LogP contribution is -2.77. The fourth-order valence-corrected chi connectivity index (χ4v) is 13.2. The van der Waals surface area contributed by atoms with Crippen molar-refractivity contribution in [1.29, 1.82) is 0 Å². The van der Waals surface area contributed by atoms with Crippen LogP contribution < -0.4 is 9.47 Å². The molecule has 17 atom stereocenters. The van der Waals surface area contributed by atoms with Gasteiger partial charge in [0.05, 0.1) is 49.1 Å². The highest BCUT2D eigenvalue weighted by molar-refractivity contribution is 5.90. The van der Waals surface area contributed by atoms with Gasteiger partial charge in [-0.2, -0.15) is 0 Å². The first kappa shape index (κ1) is 38.4. The molecule has 0 amide bonds. The van der Waals surface area contributed by atoms with Crippen LogP contribution in [0.5, 0.6) is 11.5 Å². The van der Waals surface area contributed by atoms with Gasteiger partial charge < -0.3 is 49.2 Å². The molecule has 0 radical (unpaired) electrons. The average Bonchev–Trinajstić information content (AvgIpc) is 3.41. The van der Waals surface area contributed by atoms with Crippen molar-refractivity contribution < 1.29 is 58.8 Å². The van der Waals surface area contributed by atoms with Crippen LogP contribution in [-0.4, -0.2) is 123 Å². The Morgan fingerprint density at radius 2 is 1.74 bits per heavy atom. The zero-order valence-corrected chi connectivity index (χ0v) is 32.6. The van der Waals surface area contributed by atoms with Crippen molar-refractivity contribution >= 4 is 11.9 Å². The van der Waals surface area contributed by atoms with Crippen molar-refractivity contribution in [2.75, 3.05) is 27.3 Å². The number of fused-ring (bicyclic) bond motifs is 5. The first-order valence-electron chi connectivity index (χ1n) is 20.0. The third-order valence-corrected chi connectivity index (χ3v) is 15.9. The average molecular weight is 758 g/mol. The predicted molar refractivity (Wildman–Crippen MR) is 192 cm³/mol. The highest BCUT2D eigenvalue weighted by Crippen LogP contribution is 2.77. The minimum Gasteiger partial charge on any atom is -0.493 e. The lowest BCUT2D eigenvalue weighted by Gasteiger charge is -2.64. The number of ether oxygens (including phenoxy) is 5. The van der Waals surface area contributed by atoms with E-state index in [4.69, 9.17) is 23.7 Å². The molecule has 3 aliphatic heterocycles. The quantitative estimate of drug-likeness (QED) is 0.256. The van der Waals surface area contributed by atoms with Gasteiger partial charge in [0.25, 0.3) is 0 Å². The van der Waals surface area contributed by atoms with Crippen LogP contribution in [0.25, 0.3) is 0 Å². The molecule has 13 nitrogen and oxygen atoms in total. The van der Waals surface area contributed by atoms with E-state index in [1.165, 1.54) is 20.3 Å². The molecule has 3 heterocycles. The fraction of sp³-hybridized carbons (Fsp3) is 0.805. The Bertz CT molecular complexity index is 1670. The first-order chi connectivity index (χ1) is 25.4. The SMILES string of the molecule is CC[C@H](C)C(=O)O[C@H]1[C@H](O)[C@H]2[C@@H](CN3C[C@@H](C)CC[C@H]3[C@@]2(C)O)[C@@H]2C[C@]34O[C@]5(O)[C@@H](OC(=O)c6ccc(OC)c(OC)c6)CC[C@@]3(C)[C@@H]5C[C@@H](O)[C@H]4[C@@]21O. The number of benzene rings is 1. The highest BCUT2D eigenvalue weighted by Gasteiger charge is 2.87. The Balaban J connectivity index is 1.20. The van der Waals surface area contributed by atoms with E-state index >= 15 is 0 Å². The van der Waals surface area contributed by atoms with Gasteiger partial charge in [-0.15, -0.1) is 0 Å². The van der Waals surface area contributed by atoms with Gasteiger partial charge in [-0.25, -0.2) is 4.79 Å². The second-order valence-corrected chi connectivity index (χ2v) is 18.4. The van der Waals surface area contributed by atoms with Crippen LogP contribution in [0.3, 0.4) is 0 Å². The van der Waals surface area contributed by atoms with Gasteiger partial charge in [0.1, 0.15) is 5.60 Å². The van der Waals surface area contributed by atoms with Crippen molar-refractivity contribution in [1.82, 2.24) is 4.90 Å². The van der Waals surface area contributed by atoms with E-state index in [0.717, 1.165) is 19.4 Å². The van der Waals surface area contributed by atoms with E-state index in [9.17, 15) is 35.1 Å². The summed E-state index contributed by atoms with van der Waals surface area (Å²) in [5, 5.41) is 63.4. The highest BCUT2D eigenvalue weighted by atomic mass is 16.7. The van der Waals surface area contributed by atoms with Gasteiger partial charge in [-0.3, -0.25) is 9.69 Å². The summed E-state index contributed by atoms with van der Waals surface area (Å²) in [4.78, 5) is 29.6. The first-order valence-corrected chi connectivity index (χ1v) is 20.0. The molecule has 1 aromatic rings. The van der Waals surface area contributed by atoms with Crippen molar-refractivity contribution in [2.45, 2.75) is 133 Å². The molecular formula is C41H59NO12. The van der Waals surface area contributed by atoms with Gasteiger partial charge in [-0.1, -0.05) is 27.7 Å². The topological polar surface area (TPSA) is 185 Å². The van der Waals surface area contributed by atoms with Crippen LogP contribution in [0, 0.1) is 46.8 Å². The number of nitrogens with zero attached hydrogens (tertiary/aromatic N) is 1. The molecule has 8 rings (SSSR count). The zero-order chi connectivity index (χ0) is 38.9. The molecule has 7 fully saturated rings. The number of carbonyl (C=O) groups is 2. The van der Waals surface area contributed by atoms with E-state index in [1.54, 1.807) is 26.0 Å². The van der Waals surface area contributed by atoms with Crippen molar-refractivity contribution in [3.63, 3.8) is 0 Å². The Labute approximate surface area is 317 Å². The van der Waals surface area contributed by atoms with Crippen molar-refractivity contribution in [3.8, 4) is 11.5 Å². The van der Waals surface area contributed by atoms with E-state index in [2.05, 4.69) is 11.8 Å². The Hall–Kier alpha value is -2.52. The summed E-state index contributed by atoms with van der Waals surface area (Å²) in [5.41, 5.74) is -5.29. The molecule has 300 valence electrons. The van der Waals surface area contributed by atoms with E-state index < -0.39 is 99.9 Å². The lowest BCUT2D eigenvalue weighted by molar-refractivity contribution is -0.298. The Morgan fingerprint density at radius 3 is 2.43 bits per heavy atom. The maximum absolute atomic E-state index is 13.7. The summed E-state index contributed by atoms with van der Waals surface area (Å²) in [6.07, 6.45) is -2.12. The smallest absolute Gasteiger partial charge is 0.338 e. The molecule has 4 saturated carbocycles. The number of carbonyl (C=O) groups excluding carboxylic acids is 2. The molecule has 54 heavy (non-hydrogen) atoms. The van der Waals surface area contributed by atoms with Crippen molar-refractivity contribution in [3.05, 3.63) is 23.8 Å². The number of hydrogen-bond donors (Lipinski definition) is 5. The summed E-state index contributed by atoms with van der Waals surface area (Å²) in [6, 6.07) is 4.44. The van der Waals surface area contributed by atoms with Gasteiger partial charge in [-0.05, 0) is 87.8 Å².